The van der Waals surface area contributed by atoms with E-state index in [1.165, 1.54) is 0 Å². The molecular formula is C19H24F3N5OS. The number of hydrogen-bond acceptors (Lipinski definition) is 5. The molecule has 2 aromatic rings. The van der Waals surface area contributed by atoms with Gasteiger partial charge in [-0.05, 0) is 18.6 Å². The van der Waals surface area contributed by atoms with Crippen molar-refractivity contribution >= 4 is 23.0 Å². The van der Waals surface area contributed by atoms with E-state index in [9.17, 15) is 13.2 Å². The van der Waals surface area contributed by atoms with Gasteiger partial charge in [-0.1, -0.05) is 18.2 Å². The van der Waals surface area contributed by atoms with Crippen LogP contribution in [0, 0.1) is 0 Å². The summed E-state index contributed by atoms with van der Waals surface area (Å²) in [5.74, 6) is 0.535. The van der Waals surface area contributed by atoms with Crippen molar-refractivity contribution in [3.8, 4) is 0 Å². The Labute approximate surface area is 171 Å². The van der Waals surface area contributed by atoms with Crippen molar-refractivity contribution in [2.75, 3.05) is 37.7 Å². The third-order valence-electron chi connectivity index (χ3n) is 4.34. The predicted molar refractivity (Wildman–Crippen MR) is 108 cm³/mol. The lowest BCUT2D eigenvalue weighted by Crippen LogP contribution is -2.37. The predicted octanol–water partition coefficient (Wildman–Crippen LogP) is 3.25. The molecule has 158 valence electrons. The zero-order chi connectivity index (χ0) is 20.7. The van der Waals surface area contributed by atoms with Gasteiger partial charge in [-0.15, -0.1) is 11.3 Å². The van der Waals surface area contributed by atoms with Crippen LogP contribution in [-0.2, 0) is 24.0 Å². The number of rotatable bonds is 6. The van der Waals surface area contributed by atoms with Crippen LogP contribution < -0.4 is 15.5 Å². The maximum atomic E-state index is 12.7. The topological polar surface area (TPSA) is 61.8 Å². The number of anilines is 1. The van der Waals surface area contributed by atoms with Crippen LogP contribution in [0.25, 0.3) is 0 Å². The number of thiazole rings is 1. The Hall–Kier alpha value is -2.33. The minimum Gasteiger partial charge on any atom is -0.378 e. The van der Waals surface area contributed by atoms with Crippen LogP contribution in [0.15, 0.2) is 34.6 Å². The van der Waals surface area contributed by atoms with Crippen molar-refractivity contribution in [3.05, 3.63) is 45.9 Å². The van der Waals surface area contributed by atoms with Crippen LogP contribution in [0.1, 0.15) is 23.2 Å². The average molecular weight is 427 g/mol. The minimum atomic E-state index is -4.42. The van der Waals surface area contributed by atoms with Gasteiger partial charge in [-0.25, -0.2) is 9.98 Å². The number of halogens is 3. The molecule has 0 aliphatic carbocycles. The molecule has 10 heteroatoms. The maximum absolute atomic E-state index is 12.7. The summed E-state index contributed by atoms with van der Waals surface area (Å²) in [5, 5.41) is 7.56. The highest BCUT2D eigenvalue weighted by Gasteiger charge is 2.33. The molecule has 0 saturated carbocycles. The van der Waals surface area contributed by atoms with E-state index >= 15 is 0 Å². The van der Waals surface area contributed by atoms with Crippen molar-refractivity contribution in [2.24, 2.45) is 4.99 Å². The Morgan fingerprint density at radius 1 is 1.24 bits per heavy atom. The summed E-state index contributed by atoms with van der Waals surface area (Å²) in [7, 11) is 0. The highest BCUT2D eigenvalue weighted by Crippen LogP contribution is 2.30. The van der Waals surface area contributed by atoms with Gasteiger partial charge in [0.15, 0.2) is 11.7 Å². The van der Waals surface area contributed by atoms with E-state index in [4.69, 9.17) is 4.74 Å². The molecule has 3 rings (SSSR count). The second kappa shape index (κ2) is 9.93. The number of alkyl halides is 3. The van der Waals surface area contributed by atoms with Gasteiger partial charge in [0, 0.05) is 30.7 Å². The van der Waals surface area contributed by atoms with E-state index in [0.29, 0.717) is 37.3 Å². The van der Waals surface area contributed by atoms with Gasteiger partial charge in [-0.3, -0.25) is 0 Å². The quantitative estimate of drug-likeness (QED) is 0.548. The number of benzene rings is 1. The number of morpholine rings is 1. The molecule has 1 aromatic heterocycles. The molecule has 1 aliphatic heterocycles. The molecule has 0 spiro atoms. The molecular weight excluding hydrogens is 403 g/mol. The molecule has 6 nitrogen and oxygen atoms in total. The lowest BCUT2D eigenvalue weighted by Gasteiger charge is -2.30. The van der Waals surface area contributed by atoms with Gasteiger partial charge < -0.3 is 20.3 Å². The summed E-state index contributed by atoms with van der Waals surface area (Å²) in [4.78, 5) is 10.5. The molecule has 0 atom stereocenters. The first-order valence-electron chi connectivity index (χ1n) is 9.41. The van der Waals surface area contributed by atoms with E-state index in [1.807, 2.05) is 25.1 Å². The number of nitrogens with one attached hydrogen (secondary N) is 2. The summed E-state index contributed by atoms with van der Waals surface area (Å²) in [6.45, 7) is 6.29. The largest absolute Gasteiger partial charge is 0.434 e. The van der Waals surface area contributed by atoms with Gasteiger partial charge in [-0.2, -0.15) is 13.2 Å². The number of aromatic nitrogens is 1. The Kier molecular flexibility index (Phi) is 7.32. The van der Waals surface area contributed by atoms with Crippen molar-refractivity contribution in [1.29, 1.82) is 0 Å². The van der Waals surface area contributed by atoms with Crippen LogP contribution >= 0.6 is 11.3 Å². The molecule has 0 bridgehead atoms. The van der Waals surface area contributed by atoms with Gasteiger partial charge in [0.05, 0.1) is 26.3 Å². The van der Waals surface area contributed by atoms with E-state index in [1.54, 1.807) is 0 Å². The monoisotopic (exact) mass is 427 g/mol. The molecule has 0 radical (unpaired) electrons. The summed E-state index contributed by atoms with van der Waals surface area (Å²) < 4.78 is 43.5. The Morgan fingerprint density at radius 2 is 2.00 bits per heavy atom. The molecule has 29 heavy (non-hydrogen) atoms. The Bertz CT molecular complexity index is 818. The van der Waals surface area contributed by atoms with Crippen molar-refractivity contribution in [2.45, 2.75) is 26.2 Å². The normalized spacial score (nSPS) is 15.4. The zero-order valence-corrected chi connectivity index (χ0v) is 16.9. The summed E-state index contributed by atoms with van der Waals surface area (Å²) in [6.07, 6.45) is -4.42. The number of para-hydroxylation sites is 1. The molecule has 1 fully saturated rings. The Morgan fingerprint density at radius 3 is 2.69 bits per heavy atom. The molecule has 2 N–H and O–H groups in total. The fourth-order valence-electron chi connectivity index (χ4n) is 2.94. The fourth-order valence-corrected chi connectivity index (χ4v) is 3.69. The van der Waals surface area contributed by atoms with Gasteiger partial charge in [0.1, 0.15) is 5.01 Å². The van der Waals surface area contributed by atoms with E-state index in [0.717, 1.165) is 41.1 Å². The van der Waals surface area contributed by atoms with Gasteiger partial charge in [0.25, 0.3) is 0 Å². The van der Waals surface area contributed by atoms with Crippen LogP contribution in [-0.4, -0.2) is 43.8 Å². The molecule has 1 saturated heterocycles. The summed E-state index contributed by atoms with van der Waals surface area (Å²) in [6, 6.07) is 8.09. The molecule has 2 heterocycles. The molecule has 1 aliphatic rings. The van der Waals surface area contributed by atoms with Crippen molar-refractivity contribution < 1.29 is 17.9 Å². The second-order valence-corrected chi connectivity index (χ2v) is 7.34. The highest BCUT2D eigenvalue weighted by atomic mass is 32.1. The Balaban J connectivity index is 1.66. The van der Waals surface area contributed by atoms with Crippen LogP contribution in [0.4, 0.5) is 18.9 Å². The molecule has 0 amide bonds. The summed E-state index contributed by atoms with van der Waals surface area (Å²) in [5.41, 5.74) is 1.35. The molecule has 1 aromatic carbocycles. The standard InChI is InChI=1S/C19H24F3N5OS/c1-2-23-18(25-12-17-26-16(13-29-17)19(20,21)22)24-11-14-5-3-4-6-15(14)27-7-9-28-10-8-27/h3-6,13H,2,7-12H2,1H3,(H2,23,24,25). The average Bonchev–Trinajstić information content (AvgIpc) is 3.21. The van der Waals surface area contributed by atoms with Crippen LogP contribution in [0.5, 0.6) is 0 Å². The number of guanidine groups is 1. The molecule has 0 unspecified atom stereocenters. The van der Waals surface area contributed by atoms with E-state index < -0.39 is 11.9 Å². The first kappa shape index (κ1) is 21.4. The van der Waals surface area contributed by atoms with Crippen LogP contribution in [0.2, 0.25) is 0 Å². The third kappa shape index (κ3) is 6.07. The number of hydrogen-bond donors (Lipinski definition) is 2. The van der Waals surface area contributed by atoms with Crippen molar-refractivity contribution in [3.63, 3.8) is 0 Å². The fraction of sp³-hybridized carbons (Fsp3) is 0.474. The lowest BCUT2D eigenvalue weighted by atomic mass is 10.1. The van der Waals surface area contributed by atoms with Gasteiger partial charge in [0.2, 0.25) is 0 Å². The number of nitrogens with zero attached hydrogens (tertiary/aromatic N) is 3. The second-order valence-electron chi connectivity index (χ2n) is 6.40. The first-order valence-corrected chi connectivity index (χ1v) is 10.3. The lowest BCUT2D eigenvalue weighted by molar-refractivity contribution is -0.140. The highest BCUT2D eigenvalue weighted by molar-refractivity contribution is 7.09. The maximum Gasteiger partial charge on any atom is 0.434 e. The van der Waals surface area contributed by atoms with Crippen molar-refractivity contribution in [1.82, 2.24) is 15.6 Å². The third-order valence-corrected chi connectivity index (χ3v) is 5.19. The minimum absolute atomic E-state index is 0.178. The number of aliphatic imine (C=N–C) groups is 1. The summed E-state index contributed by atoms with van der Waals surface area (Å²) >= 11 is 0.977. The van der Waals surface area contributed by atoms with Crippen LogP contribution in [0.3, 0.4) is 0 Å². The smallest absolute Gasteiger partial charge is 0.378 e. The van der Waals surface area contributed by atoms with E-state index in [2.05, 4.69) is 31.6 Å². The zero-order valence-electron chi connectivity index (χ0n) is 16.1. The van der Waals surface area contributed by atoms with Gasteiger partial charge >= 0.3 is 6.18 Å². The van der Waals surface area contributed by atoms with E-state index in [-0.39, 0.29) is 6.54 Å². The number of ether oxygens (including phenoxy) is 1. The first-order chi connectivity index (χ1) is 14.0. The SMILES string of the molecule is CCNC(=NCc1ccccc1N1CCOCC1)NCc1nc(C(F)(F)F)cs1.